The standard InChI is InChI=1S/C15H26O3/c1-11-6-12(8-14(2,3)7-11)18-10-15(4-5-15)9-13(16)17/h11-12H,4-10H2,1-3H3,(H,16,17). The summed E-state index contributed by atoms with van der Waals surface area (Å²) in [5.74, 6) is 0.0295. The Hall–Kier alpha value is -0.570. The summed E-state index contributed by atoms with van der Waals surface area (Å²) in [5, 5.41) is 8.90. The van der Waals surface area contributed by atoms with Crippen molar-refractivity contribution in [2.75, 3.05) is 6.61 Å². The molecule has 2 atom stereocenters. The van der Waals surface area contributed by atoms with Crippen LogP contribution in [0.5, 0.6) is 0 Å². The van der Waals surface area contributed by atoms with Crippen LogP contribution in [-0.4, -0.2) is 23.8 Å². The van der Waals surface area contributed by atoms with Gasteiger partial charge in [-0.25, -0.2) is 0 Å². The molecule has 0 aromatic carbocycles. The summed E-state index contributed by atoms with van der Waals surface area (Å²) in [5.41, 5.74) is 0.336. The van der Waals surface area contributed by atoms with Crippen molar-refractivity contribution in [1.29, 1.82) is 0 Å². The molecule has 0 heterocycles. The predicted molar refractivity (Wildman–Crippen MR) is 70.5 cm³/mol. The van der Waals surface area contributed by atoms with E-state index in [1.54, 1.807) is 0 Å². The second-order valence-corrected chi connectivity index (χ2v) is 7.42. The number of carboxylic acids is 1. The molecule has 3 heteroatoms. The molecule has 2 unspecified atom stereocenters. The first-order valence-corrected chi connectivity index (χ1v) is 7.14. The first-order valence-electron chi connectivity index (χ1n) is 7.14. The average Bonchev–Trinajstić information content (AvgIpc) is 2.91. The fraction of sp³-hybridized carbons (Fsp3) is 0.933. The van der Waals surface area contributed by atoms with Crippen molar-refractivity contribution in [1.82, 2.24) is 0 Å². The van der Waals surface area contributed by atoms with Crippen LogP contribution in [0.2, 0.25) is 0 Å². The van der Waals surface area contributed by atoms with E-state index in [0.29, 0.717) is 24.0 Å². The minimum absolute atomic E-state index is 0.0311. The maximum absolute atomic E-state index is 10.8. The highest BCUT2D eigenvalue weighted by Gasteiger charge is 2.45. The Morgan fingerprint density at radius 3 is 2.50 bits per heavy atom. The largest absolute Gasteiger partial charge is 0.481 e. The molecular formula is C15H26O3. The summed E-state index contributed by atoms with van der Waals surface area (Å²) >= 11 is 0. The van der Waals surface area contributed by atoms with Gasteiger partial charge in [-0.1, -0.05) is 20.8 Å². The van der Waals surface area contributed by atoms with E-state index in [-0.39, 0.29) is 11.8 Å². The summed E-state index contributed by atoms with van der Waals surface area (Å²) in [4.78, 5) is 10.8. The zero-order chi connectivity index (χ0) is 13.4. The SMILES string of the molecule is CC1CC(OCC2(CC(=O)O)CC2)CC(C)(C)C1. The number of hydrogen-bond acceptors (Lipinski definition) is 2. The minimum atomic E-state index is -0.687. The molecule has 0 bridgehead atoms. The van der Waals surface area contributed by atoms with Gasteiger partial charge in [0.05, 0.1) is 19.1 Å². The molecule has 2 rings (SSSR count). The lowest BCUT2D eigenvalue weighted by Crippen LogP contribution is -2.34. The molecule has 0 radical (unpaired) electrons. The molecule has 2 aliphatic carbocycles. The van der Waals surface area contributed by atoms with Gasteiger partial charge in [-0.05, 0) is 43.4 Å². The smallest absolute Gasteiger partial charge is 0.303 e. The molecule has 0 aromatic rings. The molecule has 0 aromatic heterocycles. The van der Waals surface area contributed by atoms with E-state index in [1.807, 2.05) is 0 Å². The third-order valence-corrected chi connectivity index (χ3v) is 4.46. The summed E-state index contributed by atoms with van der Waals surface area (Å²) < 4.78 is 6.05. The van der Waals surface area contributed by atoms with Crippen LogP contribution in [0.4, 0.5) is 0 Å². The zero-order valence-corrected chi connectivity index (χ0v) is 11.9. The van der Waals surface area contributed by atoms with Crippen LogP contribution in [0.1, 0.15) is 59.3 Å². The molecular weight excluding hydrogens is 228 g/mol. The van der Waals surface area contributed by atoms with Gasteiger partial charge in [-0.15, -0.1) is 0 Å². The second kappa shape index (κ2) is 4.84. The van der Waals surface area contributed by atoms with Gasteiger partial charge in [0.15, 0.2) is 0 Å². The van der Waals surface area contributed by atoms with Gasteiger partial charge in [-0.3, -0.25) is 4.79 Å². The van der Waals surface area contributed by atoms with Crippen LogP contribution in [0, 0.1) is 16.7 Å². The third-order valence-electron chi connectivity index (χ3n) is 4.46. The Labute approximate surface area is 110 Å². The molecule has 1 N–H and O–H groups in total. The lowest BCUT2D eigenvalue weighted by molar-refractivity contribution is -0.139. The maximum atomic E-state index is 10.8. The van der Waals surface area contributed by atoms with Gasteiger partial charge in [0.1, 0.15) is 0 Å². The molecule has 104 valence electrons. The summed E-state index contributed by atoms with van der Waals surface area (Å²) in [7, 11) is 0. The molecule has 2 aliphatic rings. The highest BCUT2D eigenvalue weighted by Crippen LogP contribution is 2.50. The van der Waals surface area contributed by atoms with Crippen LogP contribution in [-0.2, 0) is 9.53 Å². The van der Waals surface area contributed by atoms with Gasteiger partial charge >= 0.3 is 5.97 Å². The first-order chi connectivity index (χ1) is 8.30. The summed E-state index contributed by atoms with van der Waals surface area (Å²) in [6, 6.07) is 0. The van der Waals surface area contributed by atoms with Crippen molar-refractivity contribution in [3.8, 4) is 0 Å². The number of rotatable bonds is 5. The molecule has 2 saturated carbocycles. The van der Waals surface area contributed by atoms with E-state index in [2.05, 4.69) is 20.8 Å². The Kier molecular flexibility index (Phi) is 3.72. The van der Waals surface area contributed by atoms with E-state index in [4.69, 9.17) is 9.84 Å². The topological polar surface area (TPSA) is 46.5 Å². The molecule has 0 saturated heterocycles. The van der Waals surface area contributed by atoms with Crippen LogP contribution in [0.15, 0.2) is 0 Å². The molecule has 2 fully saturated rings. The van der Waals surface area contributed by atoms with E-state index in [1.165, 1.54) is 6.42 Å². The Morgan fingerprint density at radius 2 is 2.00 bits per heavy atom. The third kappa shape index (κ3) is 3.71. The lowest BCUT2D eigenvalue weighted by Gasteiger charge is -2.39. The van der Waals surface area contributed by atoms with Crippen molar-refractivity contribution in [3.05, 3.63) is 0 Å². The number of aliphatic carboxylic acids is 1. The van der Waals surface area contributed by atoms with Crippen molar-refractivity contribution in [2.24, 2.45) is 16.7 Å². The molecule has 0 aliphatic heterocycles. The Balaban J connectivity index is 1.81. The van der Waals surface area contributed by atoms with Crippen LogP contribution >= 0.6 is 0 Å². The van der Waals surface area contributed by atoms with Gasteiger partial charge in [0.25, 0.3) is 0 Å². The van der Waals surface area contributed by atoms with Crippen molar-refractivity contribution < 1.29 is 14.6 Å². The van der Waals surface area contributed by atoms with Gasteiger partial charge in [0, 0.05) is 5.41 Å². The molecule has 0 spiro atoms. The lowest BCUT2D eigenvalue weighted by atomic mass is 9.71. The van der Waals surface area contributed by atoms with Crippen LogP contribution < -0.4 is 0 Å². The number of carboxylic acid groups (broad SMARTS) is 1. The Bertz CT molecular complexity index is 318. The fourth-order valence-corrected chi connectivity index (χ4v) is 3.55. The summed E-state index contributed by atoms with van der Waals surface area (Å²) in [6.45, 7) is 7.56. The fourth-order valence-electron chi connectivity index (χ4n) is 3.55. The number of ether oxygens (including phenoxy) is 1. The van der Waals surface area contributed by atoms with E-state index < -0.39 is 5.97 Å². The molecule has 3 nitrogen and oxygen atoms in total. The average molecular weight is 254 g/mol. The van der Waals surface area contributed by atoms with Crippen molar-refractivity contribution >= 4 is 5.97 Å². The van der Waals surface area contributed by atoms with E-state index >= 15 is 0 Å². The zero-order valence-electron chi connectivity index (χ0n) is 11.9. The van der Waals surface area contributed by atoms with Gasteiger partial charge in [-0.2, -0.15) is 0 Å². The van der Waals surface area contributed by atoms with E-state index in [9.17, 15) is 4.79 Å². The highest BCUT2D eigenvalue weighted by molar-refractivity contribution is 5.68. The highest BCUT2D eigenvalue weighted by atomic mass is 16.5. The van der Waals surface area contributed by atoms with Crippen molar-refractivity contribution in [3.63, 3.8) is 0 Å². The summed E-state index contributed by atoms with van der Waals surface area (Å²) in [6.07, 6.45) is 6.16. The molecule has 0 amide bonds. The number of carbonyl (C=O) groups is 1. The van der Waals surface area contributed by atoms with Gasteiger partial charge < -0.3 is 9.84 Å². The first kappa shape index (κ1) is 13.9. The van der Waals surface area contributed by atoms with Crippen LogP contribution in [0.3, 0.4) is 0 Å². The normalized spacial score (nSPS) is 33.1. The Morgan fingerprint density at radius 1 is 1.33 bits per heavy atom. The molecule has 18 heavy (non-hydrogen) atoms. The van der Waals surface area contributed by atoms with Crippen LogP contribution in [0.25, 0.3) is 0 Å². The predicted octanol–water partition coefficient (Wildman–Crippen LogP) is 3.47. The minimum Gasteiger partial charge on any atom is -0.481 e. The monoisotopic (exact) mass is 254 g/mol. The quantitative estimate of drug-likeness (QED) is 0.817. The maximum Gasteiger partial charge on any atom is 0.303 e. The number of hydrogen-bond donors (Lipinski definition) is 1. The van der Waals surface area contributed by atoms with Crippen molar-refractivity contribution in [2.45, 2.75) is 65.4 Å². The van der Waals surface area contributed by atoms with Gasteiger partial charge in [0.2, 0.25) is 0 Å². The van der Waals surface area contributed by atoms with E-state index in [0.717, 1.165) is 25.7 Å². The second-order valence-electron chi connectivity index (χ2n) is 7.42.